The lowest BCUT2D eigenvalue weighted by atomic mass is 10.2. The molecule has 0 atom stereocenters. The van der Waals surface area contributed by atoms with Crippen LogP contribution in [0.2, 0.25) is 5.02 Å². The maximum Gasteiger partial charge on any atom is 0.308 e. The number of benzene rings is 1. The van der Waals surface area contributed by atoms with Gasteiger partial charge in [0, 0.05) is 17.1 Å². The molecule has 0 saturated carbocycles. The molecule has 4 aromatic rings. The van der Waals surface area contributed by atoms with E-state index in [4.69, 9.17) is 20.8 Å². The van der Waals surface area contributed by atoms with Gasteiger partial charge >= 0.3 is 5.97 Å². The Morgan fingerprint density at radius 2 is 1.97 bits per heavy atom. The number of carbonyl (C=O) groups is 2. The lowest BCUT2D eigenvalue weighted by molar-refractivity contribution is -0.148. The summed E-state index contributed by atoms with van der Waals surface area (Å²) < 4.78 is 12.0. The molecule has 0 aliphatic heterocycles. The lowest BCUT2D eigenvalue weighted by Gasteiger charge is -2.07. The number of furan rings is 1. The van der Waals surface area contributed by atoms with Gasteiger partial charge in [0.1, 0.15) is 16.4 Å². The van der Waals surface area contributed by atoms with Gasteiger partial charge in [-0.1, -0.05) is 11.6 Å². The fourth-order valence-electron chi connectivity index (χ4n) is 2.96. The van der Waals surface area contributed by atoms with Crippen molar-refractivity contribution in [2.45, 2.75) is 19.5 Å². The molecule has 3 aromatic heterocycles. The summed E-state index contributed by atoms with van der Waals surface area (Å²) in [5, 5.41) is 5.57. The predicted molar refractivity (Wildman–Crippen MR) is 120 cm³/mol. The van der Waals surface area contributed by atoms with Crippen molar-refractivity contribution in [1.29, 1.82) is 0 Å². The molecule has 3 heterocycles. The maximum atomic E-state index is 12.3. The number of nitrogens with zero attached hydrogens (tertiary/aromatic N) is 2. The number of ether oxygens (including phenoxy) is 1. The monoisotopic (exact) mass is 471 g/mol. The van der Waals surface area contributed by atoms with Crippen molar-refractivity contribution in [3.8, 4) is 11.3 Å². The van der Waals surface area contributed by atoms with E-state index in [1.807, 2.05) is 12.1 Å². The number of esters is 1. The van der Waals surface area contributed by atoms with E-state index in [2.05, 4.69) is 10.3 Å². The standard InChI is InChI=1S/C22H18ClN3O5S/c23-15-3-1-14(2-4-15)18-6-5-16(31-18)11-24-19(27)12-30-20(28)7-9-26-13-25-21-17(22(26)29)8-10-32-21/h1-6,8,10,13H,7,9,11-12H2,(H,24,27). The second-order valence-electron chi connectivity index (χ2n) is 6.84. The molecule has 0 aliphatic carbocycles. The van der Waals surface area contributed by atoms with Crippen LogP contribution in [0.3, 0.4) is 0 Å². The zero-order chi connectivity index (χ0) is 22.5. The molecular weight excluding hydrogens is 454 g/mol. The van der Waals surface area contributed by atoms with Gasteiger partial charge in [-0.25, -0.2) is 4.98 Å². The fourth-order valence-corrected chi connectivity index (χ4v) is 3.81. The first kappa shape index (κ1) is 21.8. The third-order valence-corrected chi connectivity index (χ3v) is 5.69. The summed E-state index contributed by atoms with van der Waals surface area (Å²) in [6, 6.07) is 12.5. The van der Waals surface area contributed by atoms with Crippen LogP contribution in [0, 0.1) is 0 Å². The maximum absolute atomic E-state index is 12.3. The van der Waals surface area contributed by atoms with Gasteiger partial charge < -0.3 is 14.5 Å². The van der Waals surface area contributed by atoms with Crippen LogP contribution < -0.4 is 10.9 Å². The van der Waals surface area contributed by atoms with Crippen LogP contribution >= 0.6 is 22.9 Å². The van der Waals surface area contributed by atoms with Crippen LogP contribution in [0.4, 0.5) is 0 Å². The van der Waals surface area contributed by atoms with E-state index in [0.29, 0.717) is 26.8 Å². The van der Waals surface area contributed by atoms with Crippen molar-refractivity contribution in [2.24, 2.45) is 0 Å². The van der Waals surface area contributed by atoms with Crippen molar-refractivity contribution < 1.29 is 18.7 Å². The molecule has 0 bridgehead atoms. The summed E-state index contributed by atoms with van der Waals surface area (Å²) in [5.41, 5.74) is 0.659. The molecule has 0 fully saturated rings. The van der Waals surface area contributed by atoms with Gasteiger partial charge in [-0.3, -0.25) is 19.0 Å². The van der Waals surface area contributed by atoms with Crippen LogP contribution in [0.15, 0.2) is 63.4 Å². The highest BCUT2D eigenvalue weighted by molar-refractivity contribution is 7.16. The van der Waals surface area contributed by atoms with Crippen molar-refractivity contribution in [2.75, 3.05) is 6.61 Å². The van der Waals surface area contributed by atoms with Gasteiger partial charge in [0.2, 0.25) is 0 Å². The predicted octanol–water partition coefficient (Wildman–Crippen LogP) is 3.62. The van der Waals surface area contributed by atoms with Gasteiger partial charge in [0.25, 0.3) is 11.5 Å². The molecule has 0 radical (unpaired) electrons. The largest absolute Gasteiger partial charge is 0.459 e. The molecule has 1 amide bonds. The summed E-state index contributed by atoms with van der Waals surface area (Å²) in [4.78, 5) is 41.0. The minimum absolute atomic E-state index is 0.0485. The summed E-state index contributed by atoms with van der Waals surface area (Å²) in [6.45, 7) is -0.135. The smallest absolute Gasteiger partial charge is 0.308 e. The zero-order valence-corrected chi connectivity index (χ0v) is 18.3. The molecule has 0 aliphatic rings. The van der Waals surface area contributed by atoms with Crippen molar-refractivity contribution >= 4 is 45.0 Å². The molecule has 0 unspecified atom stereocenters. The average molecular weight is 472 g/mol. The van der Waals surface area contributed by atoms with Gasteiger partial charge in [0.15, 0.2) is 6.61 Å². The minimum atomic E-state index is -0.583. The highest BCUT2D eigenvalue weighted by atomic mass is 35.5. The second kappa shape index (κ2) is 9.80. The number of carbonyl (C=O) groups excluding carboxylic acids is 2. The molecule has 0 saturated heterocycles. The van der Waals surface area contributed by atoms with E-state index in [9.17, 15) is 14.4 Å². The third kappa shape index (κ3) is 5.24. The van der Waals surface area contributed by atoms with E-state index in [-0.39, 0.29) is 25.1 Å². The number of nitrogens with one attached hydrogen (secondary N) is 1. The Morgan fingerprint density at radius 1 is 1.16 bits per heavy atom. The molecule has 1 aromatic carbocycles. The third-order valence-electron chi connectivity index (χ3n) is 4.62. The van der Waals surface area contributed by atoms with E-state index >= 15 is 0 Å². The molecule has 164 valence electrons. The Labute approximate surface area is 191 Å². The van der Waals surface area contributed by atoms with Crippen LogP contribution in [0.5, 0.6) is 0 Å². The van der Waals surface area contributed by atoms with E-state index in [1.165, 1.54) is 22.2 Å². The van der Waals surface area contributed by atoms with Gasteiger partial charge in [0.05, 0.1) is 24.7 Å². The molecule has 0 spiro atoms. The second-order valence-corrected chi connectivity index (χ2v) is 8.17. The van der Waals surface area contributed by atoms with E-state index < -0.39 is 18.5 Å². The topological polar surface area (TPSA) is 103 Å². The van der Waals surface area contributed by atoms with Crippen LogP contribution in [-0.4, -0.2) is 28.0 Å². The number of hydrogen-bond acceptors (Lipinski definition) is 7. The Kier molecular flexibility index (Phi) is 6.67. The summed E-state index contributed by atoms with van der Waals surface area (Å²) >= 11 is 7.26. The average Bonchev–Trinajstić information content (AvgIpc) is 3.46. The number of rotatable bonds is 8. The lowest BCUT2D eigenvalue weighted by Crippen LogP contribution is -2.28. The molecule has 1 N–H and O–H groups in total. The number of halogens is 1. The molecule has 8 nitrogen and oxygen atoms in total. The minimum Gasteiger partial charge on any atom is -0.459 e. The van der Waals surface area contributed by atoms with Crippen LogP contribution in [0.1, 0.15) is 12.2 Å². The number of aryl methyl sites for hydroxylation is 1. The van der Waals surface area contributed by atoms with Crippen LogP contribution in [0.25, 0.3) is 21.5 Å². The van der Waals surface area contributed by atoms with Crippen LogP contribution in [-0.2, 0) is 27.4 Å². The van der Waals surface area contributed by atoms with Crippen molar-refractivity contribution in [1.82, 2.24) is 14.9 Å². The van der Waals surface area contributed by atoms with Crippen molar-refractivity contribution in [3.63, 3.8) is 0 Å². The Balaban J connectivity index is 1.21. The molecule has 10 heteroatoms. The molecule has 4 rings (SSSR count). The Bertz CT molecular complexity index is 1310. The van der Waals surface area contributed by atoms with Gasteiger partial charge in [-0.05, 0) is 47.8 Å². The van der Waals surface area contributed by atoms with Gasteiger partial charge in [-0.15, -0.1) is 11.3 Å². The number of aromatic nitrogens is 2. The summed E-state index contributed by atoms with van der Waals surface area (Å²) in [6.07, 6.45) is 1.36. The molecule has 32 heavy (non-hydrogen) atoms. The number of fused-ring (bicyclic) bond motifs is 1. The summed E-state index contributed by atoms with van der Waals surface area (Å²) in [5.74, 6) is 0.176. The first-order valence-corrected chi connectivity index (χ1v) is 10.9. The Morgan fingerprint density at radius 3 is 2.78 bits per heavy atom. The highest BCUT2D eigenvalue weighted by Crippen LogP contribution is 2.23. The molecular formula is C22H18ClN3O5S. The number of thiophene rings is 1. The fraction of sp³-hybridized carbons (Fsp3) is 0.182. The normalized spacial score (nSPS) is 10.9. The first-order valence-electron chi connectivity index (χ1n) is 9.69. The number of hydrogen-bond donors (Lipinski definition) is 1. The SMILES string of the molecule is O=C(COC(=O)CCn1cnc2sccc2c1=O)NCc1ccc(-c2ccc(Cl)cc2)o1. The number of amides is 1. The Hall–Kier alpha value is -3.43. The quantitative estimate of drug-likeness (QED) is 0.394. The van der Waals surface area contributed by atoms with Gasteiger partial charge in [-0.2, -0.15) is 0 Å². The van der Waals surface area contributed by atoms with E-state index in [0.717, 1.165) is 5.56 Å². The summed E-state index contributed by atoms with van der Waals surface area (Å²) in [7, 11) is 0. The van der Waals surface area contributed by atoms with E-state index in [1.54, 1.807) is 35.7 Å². The first-order chi connectivity index (χ1) is 15.5. The highest BCUT2D eigenvalue weighted by Gasteiger charge is 2.11. The van der Waals surface area contributed by atoms with Crippen molar-refractivity contribution in [3.05, 3.63) is 75.3 Å². The zero-order valence-electron chi connectivity index (χ0n) is 16.7.